The summed E-state index contributed by atoms with van der Waals surface area (Å²) in [5, 5.41) is 4.77. The van der Waals surface area contributed by atoms with Gasteiger partial charge in [-0.1, -0.05) is 12.1 Å². The molecule has 102 valence electrons. The molecule has 1 N–H and O–H groups in total. The third-order valence-electron chi connectivity index (χ3n) is 3.82. The van der Waals surface area contributed by atoms with Gasteiger partial charge in [-0.2, -0.15) is 0 Å². The van der Waals surface area contributed by atoms with Crippen molar-refractivity contribution in [2.45, 2.75) is 6.04 Å². The fraction of sp³-hybridized carbons (Fsp3) is 0.467. The minimum Gasteiger partial charge on any atom is -0.462 e. The van der Waals surface area contributed by atoms with Gasteiger partial charge < -0.3 is 19.5 Å². The highest BCUT2D eigenvalue weighted by Crippen LogP contribution is 2.28. The van der Waals surface area contributed by atoms with Crippen LogP contribution in [0, 0.1) is 0 Å². The number of hydrogen-bond donors (Lipinski definition) is 1. The maximum atomic E-state index is 5.61. The highest BCUT2D eigenvalue weighted by atomic mass is 16.3. The van der Waals surface area contributed by atoms with Crippen LogP contribution in [-0.2, 0) is 0 Å². The van der Waals surface area contributed by atoms with Crippen LogP contribution in [0.25, 0.3) is 11.0 Å². The van der Waals surface area contributed by atoms with Gasteiger partial charge in [0.1, 0.15) is 11.8 Å². The average Bonchev–Trinajstić information content (AvgIpc) is 2.82. The normalized spacial score (nSPS) is 20.8. The standard InChI is InChI=1S/C15H21N3O/c1-17-8-7-16-12(9-17)10-18(2)14-11-19-15-6-4-3-5-13(14)15/h3-6,11-12,16H,7-10H2,1-2H3. The Hall–Kier alpha value is -1.52. The van der Waals surface area contributed by atoms with Gasteiger partial charge in [-0.3, -0.25) is 0 Å². The van der Waals surface area contributed by atoms with Gasteiger partial charge >= 0.3 is 0 Å². The van der Waals surface area contributed by atoms with Crippen molar-refractivity contribution in [1.82, 2.24) is 10.2 Å². The van der Waals surface area contributed by atoms with Crippen molar-refractivity contribution < 1.29 is 4.42 Å². The molecule has 4 nitrogen and oxygen atoms in total. The van der Waals surface area contributed by atoms with Crippen LogP contribution in [0.5, 0.6) is 0 Å². The highest BCUT2D eigenvalue weighted by Gasteiger charge is 2.19. The van der Waals surface area contributed by atoms with E-state index in [9.17, 15) is 0 Å². The predicted molar refractivity (Wildman–Crippen MR) is 78.8 cm³/mol. The minimum absolute atomic E-state index is 0.511. The fourth-order valence-electron chi connectivity index (χ4n) is 2.80. The summed E-state index contributed by atoms with van der Waals surface area (Å²) in [6.07, 6.45) is 1.86. The molecule has 0 saturated carbocycles. The third kappa shape index (κ3) is 2.60. The Morgan fingerprint density at radius 2 is 2.26 bits per heavy atom. The molecule has 1 aliphatic heterocycles. The fourth-order valence-corrected chi connectivity index (χ4v) is 2.80. The topological polar surface area (TPSA) is 31.6 Å². The van der Waals surface area contributed by atoms with Gasteiger partial charge in [0.25, 0.3) is 0 Å². The summed E-state index contributed by atoms with van der Waals surface area (Å²) in [6.45, 7) is 4.30. The Labute approximate surface area is 114 Å². The Bertz CT molecular complexity index is 551. The van der Waals surface area contributed by atoms with E-state index in [0.717, 1.165) is 31.8 Å². The first-order chi connectivity index (χ1) is 9.24. The van der Waals surface area contributed by atoms with E-state index in [1.807, 2.05) is 18.4 Å². The number of rotatable bonds is 3. The van der Waals surface area contributed by atoms with Crippen LogP contribution in [0.3, 0.4) is 0 Å². The van der Waals surface area contributed by atoms with E-state index < -0.39 is 0 Å². The molecule has 0 amide bonds. The predicted octanol–water partition coefficient (Wildman–Crippen LogP) is 1.77. The molecule has 0 aliphatic carbocycles. The smallest absolute Gasteiger partial charge is 0.136 e. The number of fused-ring (bicyclic) bond motifs is 1. The van der Waals surface area contributed by atoms with Crippen molar-refractivity contribution in [3.63, 3.8) is 0 Å². The number of hydrogen-bond acceptors (Lipinski definition) is 4. The summed E-state index contributed by atoms with van der Waals surface area (Å²) in [7, 11) is 4.31. The van der Waals surface area contributed by atoms with Crippen molar-refractivity contribution in [3.05, 3.63) is 30.5 Å². The highest BCUT2D eigenvalue weighted by molar-refractivity contribution is 5.90. The van der Waals surface area contributed by atoms with E-state index in [0.29, 0.717) is 6.04 Å². The van der Waals surface area contributed by atoms with Crippen LogP contribution in [0.4, 0.5) is 5.69 Å². The van der Waals surface area contributed by atoms with E-state index >= 15 is 0 Å². The molecular weight excluding hydrogens is 238 g/mol. The zero-order valence-corrected chi connectivity index (χ0v) is 11.6. The third-order valence-corrected chi connectivity index (χ3v) is 3.82. The second-order valence-corrected chi connectivity index (χ2v) is 5.41. The molecule has 1 aliphatic rings. The lowest BCUT2D eigenvalue weighted by Crippen LogP contribution is -2.53. The summed E-state index contributed by atoms with van der Waals surface area (Å²) < 4.78 is 5.61. The van der Waals surface area contributed by atoms with Crippen molar-refractivity contribution in [2.24, 2.45) is 0 Å². The first-order valence-electron chi connectivity index (χ1n) is 6.83. The monoisotopic (exact) mass is 259 g/mol. The Kier molecular flexibility index (Phi) is 3.44. The summed E-state index contributed by atoms with van der Waals surface area (Å²) in [5.74, 6) is 0. The number of benzene rings is 1. The zero-order chi connectivity index (χ0) is 13.2. The molecule has 0 radical (unpaired) electrons. The van der Waals surface area contributed by atoms with E-state index in [-0.39, 0.29) is 0 Å². The van der Waals surface area contributed by atoms with Crippen molar-refractivity contribution in [2.75, 3.05) is 45.2 Å². The summed E-state index contributed by atoms with van der Waals surface area (Å²) in [6, 6.07) is 8.71. The number of para-hydroxylation sites is 1. The first-order valence-corrected chi connectivity index (χ1v) is 6.83. The molecule has 3 rings (SSSR count). The second-order valence-electron chi connectivity index (χ2n) is 5.41. The molecule has 1 fully saturated rings. The van der Waals surface area contributed by atoms with Gasteiger partial charge in [-0.25, -0.2) is 0 Å². The van der Waals surface area contributed by atoms with E-state index in [1.165, 1.54) is 11.1 Å². The van der Waals surface area contributed by atoms with Crippen LogP contribution in [0.1, 0.15) is 0 Å². The SMILES string of the molecule is CN1CCNC(CN(C)c2coc3ccccc23)C1. The molecule has 1 atom stereocenters. The lowest BCUT2D eigenvalue weighted by molar-refractivity contribution is 0.241. The molecule has 0 bridgehead atoms. The van der Waals surface area contributed by atoms with Crippen molar-refractivity contribution >= 4 is 16.7 Å². The lowest BCUT2D eigenvalue weighted by atomic mass is 10.2. The lowest BCUT2D eigenvalue weighted by Gasteiger charge is -2.33. The van der Waals surface area contributed by atoms with E-state index in [1.54, 1.807) is 0 Å². The van der Waals surface area contributed by atoms with Gasteiger partial charge in [-0.15, -0.1) is 0 Å². The second kappa shape index (κ2) is 5.23. The Balaban J connectivity index is 1.74. The largest absolute Gasteiger partial charge is 0.462 e. The van der Waals surface area contributed by atoms with Gasteiger partial charge in [0, 0.05) is 44.7 Å². The Morgan fingerprint density at radius 1 is 1.42 bits per heavy atom. The minimum atomic E-state index is 0.511. The van der Waals surface area contributed by atoms with Crippen molar-refractivity contribution in [3.8, 4) is 0 Å². The molecule has 19 heavy (non-hydrogen) atoms. The molecule has 4 heteroatoms. The maximum Gasteiger partial charge on any atom is 0.136 e. The molecule has 0 spiro atoms. The van der Waals surface area contributed by atoms with Crippen LogP contribution >= 0.6 is 0 Å². The zero-order valence-electron chi connectivity index (χ0n) is 11.6. The quantitative estimate of drug-likeness (QED) is 0.910. The van der Waals surface area contributed by atoms with Gasteiger partial charge in [0.05, 0.1) is 5.69 Å². The van der Waals surface area contributed by atoms with Crippen LogP contribution in [0.15, 0.2) is 34.9 Å². The maximum absolute atomic E-state index is 5.61. The van der Waals surface area contributed by atoms with Crippen LogP contribution in [-0.4, -0.2) is 51.2 Å². The molecule has 1 aromatic carbocycles. The number of piperazine rings is 1. The average molecular weight is 259 g/mol. The summed E-state index contributed by atoms with van der Waals surface area (Å²) in [5.41, 5.74) is 2.13. The Morgan fingerprint density at radius 3 is 3.11 bits per heavy atom. The summed E-state index contributed by atoms with van der Waals surface area (Å²) in [4.78, 5) is 4.66. The number of anilines is 1. The first kappa shape index (κ1) is 12.5. The molecule has 1 unspecified atom stereocenters. The van der Waals surface area contributed by atoms with E-state index in [4.69, 9.17) is 4.42 Å². The van der Waals surface area contributed by atoms with Gasteiger partial charge in [-0.05, 0) is 19.2 Å². The van der Waals surface area contributed by atoms with Crippen molar-refractivity contribution in [1.29, 1.82) is 0 Å². The molecular formula is C15H21N3O. The van der Waals surface area contributed by atoms with E-state index in [2.05, 4.69) is 41.3 Å². The molecule has 2 aromatic rings. The van der Waals surface area contributed by atoms with Gasteiger partial charge in [0.15, 0.2) is 0 Å². The number of likely N-dealkylation sites (N-methyl/N-ethyl adjacent to an activating group) is 2. The van der Waals surface area contributed by atoms with Crippen LogP contribution < -0.4 is 10.2 Å². The number of nitrogens with one attached hydrogen (secondary N) is 1. The molecule has 1 aromatic heterocycles. The molecule has 2 heterocycles. The number of furan rings is 1. The summed E-state index contributed by atoms with van der Waals surface area (Å²) >= 11 is 0. The molecule has 1 saturated heterocycles. The van der Waals surface area contributed by atoms with Crippen LogP contribution in [0.2, 0.25) is 0 Å². The van der Waals surface area contributed by atoms with Gasteiger partial charge in [0.2, 0.25) is 0 Å². The number of nitrogens with zero attached hydrogens (tertiary/aromatic N) is 2.